The lowest BCUT2D eigenvalue weighted by Gasteiger charge is -2.36. The molecule has 29 heavy (non-hydrogen) atoms. The van der Waals surface area contributed by atoms with Crippen molar-refractivity contribution in [3.63, 3.8) is 0 Å². The highest BCUT2D eigenvalue weighted by Crippen LogP contribution is 2.43. The van der Waals surface area contributed by atoms with E-state index in [0.717, 1.165) is 36.1 Å². The molecule has 7 nitrogen and oxygen atoms in total. The number of H-pyrrole nitrogens is 1. The molecule has 0 bridgehead atoms. The maximum absolute atomic E-state index is 13.0. The number of aromatic amines is 1. The first-order valence-corrected chi connectivity index (χ1v) is 10.6. The number of carbonyl (C=O) groups is 1. The number of aromatic nitrogens is 4. The summed E-state index contributed by atoms with van der Waals surface area (Å²) < 4.78 is 2.12. The lowest BCUT2D eigenvalue weighted by atomic mass is 9.77. The first-order valence-electron chi connectivity index (χ1n) is 10.6. The number of para-hydroxylation sites is 2. The van der Waals surface area contributed by atoms with Crippen LogP contribution >= 0.6 is 0 Å². The maximum atomic E-state index is 13.0. The van der Waals surface area contributed by atoms with Gasteiger partial charge in [-0.2, -0.15) is 5.10 Å². The molecule has 6 rings (SSSR count). The summed E-state index contributed by atoms with van der Waals surface area (Å²) in [5.74, 6) is 1.32. The molecule has 0 spiro atoms. The van der Waals surface area contributed by atoms with Gasteiger partial charge in [0.1, 0.15) is 5.69 Å². The molecule has 2 aromatic heterocycles. The van der Waals surface area contributed by atoms with Gasteiger partial charge < -0.3 is 14.6 Å². The minimum Gasteiger partial charge on any atom is -0.391 e. The molecule has 150 valence electrons. The normalized spacial score (nSPS) is 29.3. The molecule has 4 atom stereocenters. The van der Waals surface area contributed by atoms with Gasteiger partial charge in [0.2, 0.25) is 0 Å². The van der Waals surface area contributed by atoms with Crippen LogP contribution in [0.25, 0.3) is 11.0 Å². The number of fused-ring (bicyclic) bond motifs is 2. The van der Waals surface area contributed by atoms with Crippen LogP contribution in [-0.4, -0.2) is 54.9 Å². The van der Waals surface area contributed by atoms with Crippen molar-refractivity contribution in [3.8, 4) is 0 Å². The fourth-order valence-electron chi connectivity index (χ4n) is 5.33. The Hall–Kier alpha value is -2.67. The van der Waals surface area contributed by atoms with Gasteiger partial charge in [-0.1, -0.05) is 12.1 Å². The second-order valence-electron chi connectivity index (χ2n) is 8.96. The van der Waals surface area contributed by atoms with Crippen molar-refractivity contribution in [2.45, 2.75) is 43.7 Å². The van der Waals surface area contributed by atoms with Crippen LogP contribution in [0.2, 0.25) is 0 Å². The molecule has 2 N–H and O–H groups in total. The van der Waals surface area contributed by atoms with Crippen LogP contribution < -0.4 is 0 Å². The smallest absolute Gasteiger partial charge is 0.274 e. The van der Waals surface area contributed by atoms with Crippen molar-refractivity contribution < 1.29 is 9.90 Å². The number of nitrogens with zero attached hydrogens (tertiary/aromatic N) is 4. The summed E-state index contributed by atoms with van der Waals surface area (Å²) in [6.07, 6.45) is 5.39. The number of imidazole rings is 1. The Morgan fingerprint density at radius 1 is 1.14 bits per heavy atom. The molecule has 1 amide bonds. The summed E-state index contributed by atoms with van der Waals surface area (Å²) in [5.41, 5.74) is 3.63. The third-order valence-corrected chi connectivity index (χ3v) is 7.07. The average Bonchev–Trinajstić information content (AvgIpc) is 3.15. The Balaban J connectivity index is 1.20. The first kappa shape index (κ1) is 17.2. The van der Waals surface area contributed by atoms with E-state index in [-0.39, 0.29) is 11.9 Å². The van der Waals surface area contributed by atoms with Crippen molar-refractivity contribution in [2.75, 3.05) is 13.1 Å². The van der Waals surface area contributed by atoms with Crippen LogP contribution in [0.4, 0.5) is 0 Å². The zero-order chi connectivity index (χ0) is 19.5. The zero-order valence-electron chi connectivity index (χ0n) is 16.2. The molecule has 1 saturated heterocycles. The number of carbonyl (C=O) groups excluding carboxylic acids is 1. The third-order valence-electron chi connectivity index (χ3n) is 7.07. The predicted molar refractivity (Wildman–Crippen MR) is 107 cm³/mol. The van der Waals surface area contributed by atoms with Gasteiger partial charge in [-0.15, -0.1) is 0 Å². The Bertz CT molecular complexity index is 1070. The fraction of sp³-hybridized carbons (Fsp3) is 0.500. The summed E-state index contributed by atoms with van der Waals surface area (Å²) >= 11 is 0. The molecule has 3 aliphatic rings. The second kappa shape index (κ2) is 6.42. The minimum absolute atomic E-state index is 0.00514. The molecule has 2 saturated carbocycles. The second-order valence-corrected chi connectivity index (χ2v) is 8.96. The summed E-state index contributed by atoms with van der Waals surface area (Å²) in [4.78, 5) is 19.4. The number of rotatable bonds is 3. The van der Waals surface area contributed by atoms with Gasteiger partial charge in [0.05, 0.1) is 29.5 Å². The molecule has 3 heterocycles. The van der Waals surface area contributed by atoms with E-state index in [0.29, 0.717) is 30.0 Å². The Morgan fingerprint density at radius 2 is 1.93 bits per heavy atom. The number of hydrogen-bond donors (Lipinski definition) is 2. The summed E-state index contributed by atoms with van der Waals surface area (Å²) in [5, 5.41) is 18.2. The van der Waals surface area contributed by atoms with E-state index in [1.54, 1.807) is 0 Å². The number of amides is 1. The van der Waals surface area contributed by atoms with Crippen LogP contribution in [0.1, 0.15) is 53.8 Å². The predicted octanol–water partition coefficient (Wildman–Crippen LogP) is 2.72. The highest BCUT2D eigenvalue weighted by atomic mass is 16.3. The standard InChI is InChI=1S/C22H25N5O2/c28-21-8-15-11-26(22(29)18-9-17(24-25-18)13-5-6-13)10-14(15)7-20(21)27-12-23-16-3-1-2-4-19(16)27/h1-4,9,12-15,20-21,28H,5-8,10-11H2,(H,24,25)/t14-,15+,20-,21-/m1/s1. The molecule has 1 aliphatic heterocycles. The maximum Gasteiger partial charge on any atom is 0.274 e. The van der Waals surface area contributed by atoms with Gasteiger partial charge in [0.25, 0.3) is 5.91 Å². The Labute approximate surface area is 168 Å². The lowest BCUT2D eigenvalue weighted by Crippen LogP contribution is -2.36. The summed E-state index contributed by atoms with van der Waals surface area (Å²) in [6.45, 7) is 1.45. The van der Waals surface area contributed by atoms with Crippen LogP contribution in [-0.2, 0) is 0 Å². The topological polar surface area (TPSA) is 87.0 Å². The highest BCUT2D eigenvalue weighted by molar-refractivity contribution is 5.92. The molecule has 7 heteroatoms. The monoisotopic (exact) mass is 391 g/mol. The van der Waals surface area contributed by atoms with Gasteiger partial charge in [-0.25, -0.2) is 4.98 Å². The number of aliphatic hydroxyl groups is 1. The third kappa shape index (κ3) is 2.87. The molecule has 2 aliphatic carbocycles. The zero-order valence-corrected chi connectivity index (χ0v) is 16.2. The van der Waals surface area contributed by atoms with Crippen LogP contribution in [0.15, 0.2) is 36.7 Å². The molecule has 1 aromatic carbocycles. The van der Waals surface area contributed by atoms with E-state index in [1.165, 1.54) is 12.8 Å². The van der Waals surface area contributed by atoms with Crippen molar-refractivity contribution in [1.82, 2.24) is 24.6 Å². The summed E-state index contributed by atoms with van der Waals surface area (Å²) in [7, 11) is 0. The molecule has 0 radical (unpaired) electrons. The highest BCUT2D eigenvalue weighted by Gasteiger charge is 2.44. The minimum atomic E-state index is -0.421. The quantitative estimate of drug-likeness (QED) is 0.719. The number of hydrogen-bond acceptors (Lipinski definition) is 4. The molecule has 3 fully saturated rings. The van der Waals surface area contributed by atoms with Gasteiger partial charge >= 0.3 is 0 Å². The van der Waals surface area contributed by atoms with Crippen LogP contribution in [0, 0.1) is 11.8 Å². The van der Waals surface area contributed by atoms with Gasteiger partial charge in [-0.05, 0) is 55.7 Å². The molecule has 3 aromatic rings. The van der Waals surface area contributed by atoms with Crippen LogP contribution in [0.5, 0.6) is 0 Å². The summed E-state index contributed by atoms with van der Waals surface area (Å²) in [6, 6.07) is 9.98. The van der Waals surface area contributed by atoms with E-state index in [4.69, 9.17) is 0 Å². The van der Waals surface area contributed by atoms with E-state index in [1.807, 2.05) is 35.5 Å². The Kier molecular flexibility index (Phi) is 3.81. The van der Waals surface area contributed by atoms with E-state index in [9.17, 15) is 9.90 Å². The Morgan fingerprint density at radius 3 is 2.76 bits per heavy atom. The van der Waals surface area contributed by atoms with Gasteiger partial charge in [0.15, 0.2) is 0 Å². The van der Waals surface area contributed by atoms with Crippen molar-refractivity contribution >= 4 is 16.9 Å². The van der Waals surface area contributed by atoms with E-state index < -0.39 is 6.10 Å². The number of nitrogens with one attached hydrogen (secondary N) is 1. The average molecular weight is 391 g/mol. The van der Waals surface area contributed by atoms with Crippen LogP contribution in [0.3, 0.4) is 0 Å². The first-order chi connectivity index (χ1) is 14.2. The van der Waals surface area contributed by atoms with Crippen molar-refractivity contribution in [3.05, 3.63) is 48.0 Å². The van der Waals surface area contributed by atoms with Gasteiger partial charge in [0, 0.05) is 24.7 Å². The SMILES string of the molecule is O=C(c1cc(C2CC2)[nH]n1)N1C[C@H]2C[C@@H](n3cnc4ccccc43)[C@H](O)C[C@H]2C1. The molecule has 0 unspecified atom stereocenters. The van der Waals surface area contributed by atoms with Crippen molar-refractivity contribution in [1.29, 1.82) is 0 Å². The van der Waals surface area contributed by atoms with Gasteiger partial charge in [-0.3, -0.25) is 9.89 Å². The number of likely N-dealkylation sites (tertiary alicyclic amines) is 1. The largest absolute Gasteiger partial charge is 0.391 e. The molecular formula is C22H25N5O2. The van der Waals surface area contributed by atoms with E-state index in [2.05, 4.69) is 25.8 Å². The number of benzene rings is 1. The lowest BCUT2D eigenvalue weighted by molar-refractivity contribution is 0.0374. The van der Waals surface area contributed by atoms with Crippen molar-refractivity contribution in [2.24, 2.45) is 11.8 Å². The van der Waals surface area contributed by atoms with E-state index >= 15 is 0 Å². The number of aliphatic hydroxyl groups excluding tert-OH is 1. The fourth-order valence-corrected chi connectivity index (χ4v) is 5.33. The molecular weight excluding hydrogens is 366 g/mol.